The highest BCUT2D eigenvalue weighted by Gasteiger charge is 2.28. The fourth-order valence-corrected chi connectivity index (χ4v) is 3.63. The van der Waals surface area contributed by atoms with Crippen LogP contribution in [0.1, 0.15) is 27.8 Å². The van der Waals surface area contributed by atoms with Crippen LogP contribution >= 0.6 is 0 Å². The van der Waals surface area contributed by atoms with Gasteiger partial charge in [0, 0.05) is 6.04 Å². The number of benzene rings is 2. The standard InChI is InChI=1S/C19H24N2/c1-13-6-5-7-14(2)18(13)12-19(21-20)17-10-15-8-3-4-9-16(15)11-17/h3-9,17,19,21H,10-12,20H2,1-2H3. The molecule has 3 rings (SSSR count). The van der Waals surface area contributed by atoms with Gasteiger partial charge in [-0.05, 0) is 66.8 Å². The molecular formula is C19H24N2. The van der Waals surface area contributed by atoms with Crippen molar-refractivity contribution in [3.05, 3.63) is 70.3 Å². The van der Waals surface area contributed by atoms with Gasteiger partial charge < -0.3 is 0 Å². The van der Waals surface area contributed by atoms with E-state index in [9.17, 15) is 0 Å². The van der Waals surface area contributed by atoms with Gasteiger partial charge in [0.05, 0.1) is 0 Å². The average Bonchev–Trinajstić information content (AvgIpc) is 2.90. The van der Waals surface area contributed by atoms with Crippen LogP contribution in [-0.2, 0) is 19.3 Å². The van der Waals surface area contributed by atoms with Crippen LogP contribution in [0.4, 0.5) is 0 Å². The summed E-state index contributed by atoms with van der Waals surface area (Å²) < 4.78 is 0. The molecule has 0 spiro atoms. The predicted molar refractivity (Wildman–Crippen MR) is 88.1 cm³/mol. The van der Waals surface area contributed by atoms with Gasteiger partial charge in [0.1, 0.15) is 0 Å². The summed E-state index contributed by atoms with van der Waals surface area (Å²) in [6.07, 6.45) is 3.28. The van der Waals surface area contributed by atoms with Crippen molar-refractivity contribution in [1.29, 1.82) is 0 Å². The van der Waals surface area contributed by atoms with Crippen molar-refractivity contribution in [3.8, 4) is 0 Å². The Morgan fingerprint density at radius 2 is 1.57 bits per heavy atom. The van der Waals surface area contributed by atoms with E-state index in [2.05, 4.69) is 61.7 Å². The van der Waals surface area contributed by atoms with Gasteiger partial charge in [-0.15, -0.1) is 0 Å². The van der Waals surface area contributed by atoms with Gasteiger partial charge in [0.25, 0.3) is 0 Å². The lowest BCUT2D eigenvalue weighted by Crippen LogP contribution is -2.43. The Morgan fingerprint density at radius 3 is 2.10 bits per heavy atom. The molecular weight excluding hydrogens is 256 g/mol. The molecule has 1 unspecified atom stereocenters. The van der Waals surface area contributed by atoms with Gasteiger partial charge in [-0.25, -0.2) is 0 Å². The SMILES string of the molecule is Cc1cccc(C)c1CC(NN)C1Cc2ccccc2C1. The Kier molecular flexibility index (Phi) is 4.09. The summed E-state index contributed by atoms with van der Waals surface area (Å²) in [6, 6.07) is 15.6. The second-order valence-electron chi connectivity index (χ2n) is 6.28. The van der Waals surface area contributed by atoms with Crippen LogP contribution in [0.15, 0.2) is 42.5 Å². The molecule has 2 nitrogen and oxygen atoms in total. The number of fused-ring (bicyclic) bond motifs is 1. The lowest BCUT2D eigenvalue weighted by atomic mass is 9.88. The van der Waals surface area contributed by atoms with Crippen molar-refractivity contribution in [2.45, 2.75) is 39.2 Å². The third-order valence-corrected chi connectivity index (χ3v) is 4.93. The van der Waals surface area contributed by atoms with Crippen molar-refractivity contribution in [3.63, 3.8) is 0 Å². The molecule has 2 aromatic carbocycles. The first-order valence-electron chi connectivity index (χ1n) is 7.77. The third-order valence-electron chi connectivity index (χ3n) is 4.93. The lowest BCUT2D eigenvalue weighted by molar-refractivity contribution is 0.366. The van der Waals surface area contributed by atoms with Crippen molar-refractivity contribution < 1.29 is 0 Å². The molecule has 0 radical (unpaired) electrons. The highest BCUT2D eigenvalue weighted by atomic mass is 15.2. The Labute approximate surface area is 127 Å². The number of aryl methyl sites for hydroxylation is 2. The van der Waals surface area contributed by atoms with Crippen LogP contribution in [0, 0.1) is 19.8 Å². The summed E-state index contributed by atoms with van der Waals surface area (Å²) in [6.45, 7) is 4.39. The average molecular weight is 280 g/mol. The summed E-state index contributed by atoms with van der Waals surface area (Å²) in [5.74, 6) is 6.47. The van der Waals surface area contributed by atoms with E-state index in [1.165, 1.54) is 27.8 Å². The van der Waals surface area contributed by atoms with Gasteiger partial charge in [-0.1, -0.05) is 42.5 Å². The molecule has 0 amide bonds. The maximum Gasteiger partial charge on any atom is 0.0285 e. The van der Waals surface area contributed by atoms with Crippen LogP contribution in [0.5, 0.6) is 0 Å². The zero-order valence-electron chi connectivity index (χ0n) is 12.9. The monoisotopic (exact) mass is 280 g/mol. The van der Waals surface area contributed by atoms with Crippen LogP contribution in [-0.4, -0.2) is 6.04 Å². The van der Waals surface area contributed by atoms with E-state index in [-0.39, 0.29) is 0 Å². The van der Waals surface area contributed by atoms with E-state index in [0.29, 0.717) is 12.0 Å². The minimum Gasteiger partial charge on any atom is -0.271 e. The summed E-state index contributed by atoms with van der Waals surface area (Å²) >= 11 is 0. The van der Waals surface area contributed by atoms with Crippen LogP contribution in [0.2, 0.25) is 0 Å². The molecule has 0 heterocycles. The normalized spacial score (nSPS) is 16.0. The van der Waals surface area contributed by atoms with E-state index < -0.39 is 0 Å². The molecule has 0 fully saturated rings. The van der Waals surface area contributed by atoms with Crippen molar-refractivity contribution >= 4 is 0 Å². The van der Waals surface area contributed by atoms with E-state index in [4.69, 9.17) is 5.84 Å². The first kappa shape index (κ1) is 14.3. The van der Waals surface area contributed by atoms with Crippen LogP contribution in [0.25, 0.3) is 0 Å². The van der Waals surface area contributed by atoms with Crippen molar-refractivity contribution in [2.75, 3.05) is 0 Å². The number of hydrogen-bond donors (Lipinski definition) is 2. The molecule has 1 atom stereocenters. The molecule has 21 heavy (non-hydrogen) atoms. The Balaban J connectivity index is 1.78. The van der Waals surface area contributed by atoms with E-state index >= 15 is 0 Å². The Bertz CT molecular complexity index is 588. The molecule has 1 aliphatic rings. The number of rotatable bonds is 4. The fraction of sp³-hybridized carbons (Fsp3) is 0.368. The third kappa shape index (κ3) is 2.87. The summed E-state index contributed by atoms with van der Waals surface area (Å²) in [5.41, 5.74) is 10.2. The topological polar surface area (TPSA) is 38.0 Å². The van der Waals surface area contributed by atoms with Crippen molar-refractivity contribution in [1.82, 2.24) is 5.43 Å². The molecule has 1 aliphatic carbocycles. The van der Waals surface area contributed by atoms with Gasteiger partial charge in [0.15, 0.2) is 0 Å². The smallest absolute Gasteiger partial charge is 0.0285 e. The van der Waals surface area contributed by atoms with E-state index in [1.54, 1.807) is 0 Å². The molecule has 3 N–H and O–H groups in total. The van der Waals surface area contributed by atoms with Gasteiger partial charge in [0.2, 0.25) is 0 Å². The Morgan fingerprint density at radius 1 is 1.00 bits per heavy atom. The second-order valence-corrected chi connectivity index (χ2v) is 6.28. The first-order chi connectivity index (χ1) is 10.2. The number of hydrogen-bond acceptors (Lipinski definition) is 2. The molecule has 110 valence electrons. The van der Waals surface area contributed by atoms with Crippen LogP contribution < -0.4 is 11.3 Å². The summed E-state index contributed by atoms with van der Waals surface area (Å²) in [5, 5.41) is 0. The fourth-order valence-electron chi connectivity index (χ4n) is 3.63. The zero-order chi connectivity index (χ0) is 14.8. The largest absolute Gasteiger partial charge is 0.271 e. The quantitative estimate of drug-likeness (QED) is 0.667. The predicted octanol–water partition coefficient (Wildman–Crippen LogP) is 3.09. The Hall–Kier alpha value is -1.64. The lowest BCUT2D eigenvalue weighted by Gasteiger charge is -2.24. The van der Waals surface area contributed by atoms with Crippen LogP contribution in [0.3, 0.4) is 0 Å². The maximum atomic E-state index is 5.89. The number of hydrazine groups is 1. The highest BCUT2D eigenvalue weighted by molar-refractivity contribution is 5.36. The molecule has 2 aromatic rings. The summed E-state index contributed by atoms with van der Waals surface area (Å²) in [7, 11) is 0. The summed E-state index contributed by atoms with van der Waals surface area (Å²) in [4.78, 5) is 0. The maximum absolute atomic E-state index is 5.89. The van der Waals surface area contributed by atoms with Crippen molar-refractivity contribution in [2.24, 2.45) is 11.8 Å². The minimum absolute atomic E-state index is 0.331. The van der Waals surface area contributed by atoms with E-state index in [0.717, 1.165) is 19.3 Å². The molecule has 2 heteroatoms. The molecule has 0 aromatic heterocycles. The number of nitrogens with two attached hydrogens (primary N) is 1. The van der Waals surface area contributed by atoms with E-state index in [1.807, 2.05) is 0 Å². The second kappa shape index (κ2) is 6.00. The highest BCUT2D eigenvalue weighted by Crippen LogP contribution is 2.30. The molecule has 0 aliphatic heterocycles. The zero-order valence-corrected chi connectivity index (χ0v) is 12.9. The first-order valence-corrected chi connectivity index (χ1v) is 7.77. The van der Waals surface area contributed by atoms with Gasteiger partial charge >= 0.3 is 0 Å². The minimum atomic E-state index is 0.331. The van der Waals surface area contributed by atoms with Gasteiger partial charge in [-0.3, -0.25) is 11.3 Å². The molecule has 0 saturated carbocycles. The molecule has 0 saturated heterocycles. The molecule has 0 bridgehead atoms. The number of nitrogens with one attached hydrogen (secondary N) is 1. The van der Waals surface area contributed by atoms with Gasteiger partial charge in [-0.2, -0.15) is 0 Å².